The number of hydrogen-bond donors (Lipinski definition) is 4. The van der Waals surface area contributed by atoms with Crippen molar-refractivity contribution in [1.29, 1.82) is 0 Å². The van der Waals surface area contributed by atoms with Crippen LogP contribution in [-0.2, 0) is 4.79 Å². The number of hydrogen-bond acceptors (Lipinski definition) is 6. The van der Waals surface area contributed by atoms with Crippen molar-refractivity contribution >= 4 is 46.6 Å². The fourth-order valence-corrected chi connectivity index (χ4v) is 2.44. The molecule has 2 amide bonds. The highest BCUT2D eigenvalue weighted by Crippen LogP contribution is 2.25. The summed E-state index contributed by atoms with van der Waals surface area (Å²) in [6.45, 7) is 3.41. The quantitative estimate of drug-likeness (QED) is 0.337. The van der Waals surface area contributed by atoms with Gasteiger partial charge in [0.05, 0.1) is 6.20 Å². The molecule has 0 aliphatic rings. The van der Waals surface area contributed by atoms with Crippen molar-refractivity contribution in [3.05, 3.63) is 83.8 Å². The molecule has 8 nitrogen and oxygen atoms in total. The maximum absolute atomic E-state index is 13.0. The molecule has 0 fully saturated rings. The molecular weight excluding hydrogens is 411 g/mol. The number of nitrogens with one attached hydrogen (secondary N) is 4. The Bertz CT molecular complexity index is 1090. The van der Waals surface area contributed by atoms with E-state index in [2.05, 4.69) is 38.0 Å². The predicted octanol–water partition coefficient (Wildman–Crippen LogP) is 3.89. The lowest BCUT2D eigenvalue weighted by Crippen LogP contribution is -2.30. The smallest absolute Gasteiger partial charge is 0.269 e. The molecule has 152 valence electrons. The van der Waals surface area contributed by atoms with Gasteiger partial charge in [0.1, 0.15) is 10.8 Å². The fourth-order valence-electron chi connectivity index (χ4n) is 2.31. The highest BCUT2D eigenvalue weighted by atomic mass is 35.5. The van der Waals surface area contributed by atoms with Crippen LogP contribution >= 0.6 is 11.6 Å². The molecule has 0 aliphatic heterocycles. The minimum absolute atomic E-state index is 0.0773. The molecule has 0 aliphatic carbocycles. The molecule has 3 rings (SSSR count). The number of halogens is 2. The van der Waals surface area contributed by atoms with E-state index < -0.39 is 11.7 Å². The van der Waals surface area contributed by atoms with Gasteiger partial charge in [0.2, 0.25) is 11.9 Å². The SMILES string of the molecule is C=CC(=O)Nc1cccc(Nc2nc(NNC(=O)c3ccc(F)cc3)ncc2Cl)c1. The van der Waals surface area contributed by atoms with Crippen LogP contribution in [0, 0.1) is 5.82 Å². The van der Waals surface area contributed by atoms with Crippen molar-refractivity contribution in [1.82, 2.24) is 15.4 Å². The molecule has 0 unspecified atom stereocenters. The summed E-state index contributed by atoms with van der Waals surface area (Å²) in [5.41, 5.74) is 6.42. The normalized spacial score (nSPS) is 10.1. The fraction of sp³-hybridized carbons (Fsp3) is 0. The molecule has 4 N–H and O–H groups in total. The van der Waals surface area contributed by atoms with Crippen molar-refractivity contribution in [2.75, 3.05) is 16.1 Å². The molecular formula is C20H16ClFN6O2. The first-order chi connectivity index (χ1) is 14.4. The van der Waals surface area contributed by atoms with Crippen molar-refractivity contribution in [3.8, 4) is 0 Å². The van der Waals surface area contributed by atoms with Crippen molar-refractivity contribution in [2.45, 2.75) is 0 Å². The standard InChI is InChI=1S/C20H16ClFN6O2/c1-2-17(29)24-14-4-3-5-15(10-14)25-18-16(21)11-23-20(26-18)28-27-19(30)12-6-8-13(22)9-7-12/h2-11H,1H2,(H,24,29)(H,27,30)(H2,23,25,26,28). The van der Waals surface area contributed by atoms with Gasteiger partial charge >= 0.3 is 0 Å². The highest BCUT2D eigenvalue weighted by Gasteiger charge is 2.09. The minimum atomic E-state index is -0.492. The molecule has 0 radical (unpaired) electrons. The average molecular weight is 427 g/mol. The number of aromatic nitrogens is 2. The van der Waals surface area contributed by atoms with Crippen LogP contribution in [0.5, 0.6) is 0 Å². The predicted molar refractivity (Wildman–Crippen MR) is 113 cm³/mol. The number of benzene rings is 2. The van der Waals surface area contributed by atoms with Crippen molar-refractivity contribution in [2.24, 2.45) is 0 Å². The van der Waals surface area contributed by atoms with E-state index in [1.807, 2.05) is 0 Å². The highest BCUT2D eigenvalue weighted by molar-refractivity contribution is 6.32. The number of hydrazine groups is 1. The Morgan fingerprint density at radius 3 is 2.57 bits per heavy atom. The van der Waals surface area contributed by atoms with Crippen molar-refractivity contribution in [3.63, 3.8) is 0 Å². The summed E-state index contributed by atoms with van der Waals surface area (Å²) >= 11 is 6.14. The third-order valence-corrected chi connectivity index (χ3v) is 3.99. The molecule has 3 aromatic rings. The molecule has 1 aromatic heterocycles. The molecule has 0 bridgehead atoms. The van der Waals surface area contributed by atoms with E-state index in [4.69, 9.17) is 11.6 Å². The zero-order chi connectivity index (χ0) is 21.5. The summed E-state index contributed by atoms with van der Waals surface area (Å²) in [6.07, 6.45) is 2.52. The zero-order valence-electron chi connectivity index (χ0n) is 15.4. The Morgan fingerprint density at radius 2 is 1.83 bits per heavy atom. The van der Waals surface area contributed by atoms with Crippen LogP contribution in [0.2, 0.25) is 5.02 Å². The molecule has 0 saturated heterocycles. The molecule has 0 atom stereocenters. The maximum Gasteiger partial charge on any atom is 0.269 e. The van der Waals surface area contributed by atoms with Crippen LogP contribution in [-0.4, -0.2) is 21.8 Å². The lowest BCUT2D eigenvalue weighted by molar-refractivity contribution is -0.111. The largest absolute Gasteiger partial charge is 0.339 e. The molecule has 10 heteroatoms. The summed E-state index contributed by atoms with van der Waals surface area (Å²) in [5.74, 6) is -0.917. The number of amides is 2. The van der Waals surface area contributed by atoms with Crippen LogP contribution in [0.3, 0.4) is 0 Å². The summed E-state index contributed by atoms with van der Waals surface area (Å²) in [4.78, 5) is 31.7. The van der Waals surface area contributed by atoms with E-state index in [9.17, 15) is 14.0 Å². The number of carbonyl (C=O) groups excluding carboxylic acids is 2. The molecule has 2 aromatic carbocycles. The number of carbonyl (C=O) groups is 2. The Labute approximate surface area is 176 Å². The van der Waals surface area contributed by atoms with E-state index in [0.717, 1.165) is 0 Å². The van der Waals surface area contributed by atoms with Gasteiger partial charge in [0, 0.05) is 16.9 Å². The number of nitrogens with zero attached hydrogens (tertiary/aromatic N) is 2. The second-order valence-electron chi connectivity index (χ2n) is 5.88. The monoisotopic (exact) mass is 426 g/mol. The first kappa shape index (κ1) is 20.7. The van der Waals surface area contributed by atoms with Gasteiger partial charge in [0.25, 0.3) is 5.91 Å². The Kier molecular flexibility index (Phi) is 6.56. The number of rotatable bonds is 7. The Morgan fingerprint density at radius 1 is 1.10 bits per heavy atom. The van der Waals surface area contributed by atoms with Crippen LogP contribution in [0.25, 0.3) is 0 Å². The summed E-state index contributed by atoms with van der Waals surface area (Å²) in [5, 5.41) is 5.91. The lowest BCUT2D eigenvalue weighted by Gasteiger charge is -2.12. The van der Waals surface area contributed by atoms with Gasteiger partial charge in [-0.2, -0.15) is 4.98 Å². The van der Waals surface area contributed by atoms with E-state index in [1.165, 1.54) is 36.5 Å². The van der Waals surface area contributed by atoms with E-state index in [1.54, 1.807) is 24.3 Å². The summed E-state index contributed by atoms with van der Waals surface area (Å²) < 4.78 is 13.0. The first-order valence-corrected chi connectivity index (χ1v) is 8.97. The number of anilines is 4. The van der Waals surface area contributed by atoms with Gasteiger partial charge in [-0.15, -0.1) is 0 Å². The molecule has 30 heavy (non-hydrogen) atoms. The van der Waals surface area contributed by atoms with E-state index >= 15 is 0 Å². The van der Waals surface area contributed by atoms with Gasteiger partial charge in [-0.25, -0.2) is 9.37 Å². The van der Waals surface area contributed by atoms with Crippen LogP contribution < -0.4 is 21.5 Å². The summed E-state index contributed by atoms with van der Waals surface area (Å²) in [7, 11) is 0. The third kappa shape index (κ3) is 5.52. The molecule has 0 saturated carbocycles. The van der Waals surface area contributed by atoms with E-state index in [0.29, 0.717) is 11.4 Å². The summed E-state index contributed by atoms with van der Waals surface area (Å²) in [6, 6.07) is 11.9. The topological polar surface area (TPSA) is 108 Å². The average Bonchev–Trinajstić information content (AvgIpc) is 2.74. The molecule has 1 heterocycles. The third-order valence-electron chi connectivity index (χ3n) is 3.72. The van der Waals surface area contributed by atoms with Gasteiger partial charge < -0.3 is 10.6 Å². The lowest BCUT2D eigenvalue weighted by atomic mass is 10.2. The zero-order valence-corrected chi connectivity index (χ0v) is 16.2. The minimum Gasteiger partial charge on any atom is -0.339 e. The maximum atomic E-state index is 13.0. The van der Waals surface area contributed by atoms with Gasteiger partial charge in [-0.3, -0.25) is 20.4 Å². The second kappa shape index (κ2) is 9.48. The molecule has 0 spiro atoms. The first-order valence-electron chi connectivity index (χ1n) is 8.59. The van der Waals surface area contributed by atoms with Crippen LogP contribution in [0.4, 0.5) is 27.5 Å². The van der Waals surface area contributed by atoms with Crippen LogP contribution in [0.1, 0.15) is 10.4 Å². The van der Waals surface area contributed by atoms with Crippen LogP contribution in [0.15, 0.2) is 67.4 Å². The van der Waals surface area contributed by atoms with Gasteiger partial charge in [-0.1, -0.05) is 24.2 Å². The Hall–Kier alpha value is -3.98. The van der Waals surface area contributed by atoms with Gasteiger partial charge in [-0.05, 0) is 48.5 Å². The van der Waals surface area contributed by atoms with Gasteiger partial charge in [0.15, 0.2) is 5.82 Å². The van der Waals surface area contributed by atoms with E-state index in [-0.39, 0.29) is 28.3 Å². The Balaban J connectivity index is 1.68. The van der Waals surface area contributed by atoms with Crippen molar-refractivity contribution < 1.29 is 14.0 Å². The second-order valence-corrected chi connectivity index (χ2v) is 6.28.